The van der Waals surface area contributed by atoms with Gasteiger partial charge < -0.3 is 5.32 Å². The molecule has 2 nitrogen and oxygen atoms in total. The lowest BCUT2D eigenvalue weighted by Gasteiger charge is -2.16. The minimum absolute atomic E-state index is 0.563. The highest BCUT2D eigenvalue weighted by Crippen LogP contribution is 2.18. The van der Waals surface area contributed by atoms with Gasteiger partial charge in [0, 0.05) is 28.9 Å². The van der Waals surface area contributed by atoms with Crippen LogP contribution >= 0.6 is 11.3 Å². The molecule has 0 saturated carbocycles. The highest BCUT2D eigenvalue weighted by atomic mass is 32.1. The van der Waals surface area contributed by atoms with Crippen LogP contribution in [0.5, 0.6) is 0 Å². The molecule has 0 aliphatic rings. The van der Waals surface area contributed by atoms with E-state index in [1.165, 1.54) is 9.75 Å². The van der Waals surface area contributed by atoms with E-state index >= 15 is 0 Å². The first-order chi connectivity index (χ1) is 7.65. The number of rotatable bonds is 7. The van der Waals surface area contributed by atoms with Crippen LogP contribution in [0.3, 0.4) is 0 Å². The van der Waals surface area contributed by atoms with E-state index in [-0.39, 0.29) is 0 Å². The summed E-state index contributed by atoms with van der Waals surface area (Å²) < 4.78 is 0. The van der Waals surface area contributed by atoms with E-state index in [0.717, 1.165) is 26.2 Å². The van der Waals surface area contributed by atoms with Crippen LogP contribution in [0.25, 0.3) is 0 Å². The van der Waals surface area contributed by atoms with E-state index < -0.39 is 0 Å². The molecule has 1 N–H and O–H groups in total. The molecule has 0 spiro atoms. The summed E-state index contributed by atoms with van der Waals surface area (Å²) in [5.41, 5.74) is 0. The van der Waals surface area contributed by atoms with Gasteiger partial charge in [-0.25, -0.2) is 0 Å². The van der Waals surface area contributed by atoms with Crippen LogP contribution < -0.4 is 5.32 Å². The summed E-state index contributed by atoms with van der Waals surface area (Å²) in [5, 5.41) is 3.45. The number of hydrogen-bond acceptors (Lipinski definition) is 3. The van der Waals surface area contributed by atoms with Gasteiger partial charge in [0.2, 0.25) is 0 Å². The number of nitrogens with one attached hydrogen (secondary N) is 1. The van der Waals surface area contributed by atoms with E-state index in [2.05, 4.69) is 50.0 Å². The van der Waals surface area contributed by atoms with Gasteiger partial charge in [0.15, 0.2) is 0 Å². The Labute approximate surface area is 104 Å². The largest absolute Gasteiger partial charge is 0.310 e. The highest BCUT2D eigenvalue weighted by Gasteiger charge is 2.04. The van der Waals surface area contributed by atoms with Crippen LogP contribution in [-0.2, 0) is 13.1 Å². The summed E-state index contributed by atoms with van der Waals surface area (Å²) in [6.45, 7) is 13.2. The maximum Gasteiger partial charge on any atom is 0.0327 e. The zero-order valence-corrected chi connectivity index (χ0v) is 11.7. The van der Waals surface area contributed by atoms with Crippen molar-refractivity contribution in [3.63, 3.8) is 0 Å². The van der Waals surface area contributed by atoms with Gasteiger partial charge in [-0.1, -0.05) is 27.7 Å². The van der Waals surface area contributed by atoms with Crippen molar-refractivity contribution in [3.05, 3.63) is 21.9 Å². The molecule has 0 amide bonds. The average Bonchev–Trinajstić information content (AvgIpc) is 2.70. The van der Waals surface area contributed by atoms with Crippen LogP contribution in [0, 0.1) is 0 Å². The molecule has 16 heavy (non-hydrogen) atoms. The van der Waals surface area contributed by atoms with Gasteiger partial charge in [-0.3, -0.25) is 4.90 Å². The molecule has 0 atom stereocenters. The second kappa shape index (κ2) is 7.05. The predicted molar refractivity (Wildman–Crippen MR) is 72.9 cm³/mol. The van der Waals surface area contributed by atoms with Crippen molar-refractivity contribution in [3.8, 4) is 0 Å². The van der Waals surface area contributed by atoms with Crippen LogP contribution in [0.2, 0.25) is 0 Å². The van der Waals surface area contributed by atoms with Gasteiger partial charge in [0.25, 0.3) is 0 Å². The van der Waals surface area contributed by atoms with Gasteiger partial charge in [0.1, 0.15) is 0 Å². The van der Waals surface area contributed by atoms with Gasteiger partial charge in [-0.05, 0) is 25.2 Å². The molecule has 0 unspecified atom stereocenters. The third-order valence-corrected chi connectivity index (χ3v) is 3.75. The Morgan fingerprint density at radius 3 is 2.38 bits per heavy atom. The molecule has 0 radical (unpaired) electrons. The van der Waals surface area contributed by atoms with Crippen LogP contribution in [0.4, 0.5) is 0 Å². The molecule has 92 valence electrons. The Morgan fingerprint density at radius 2 is 1.81 bits per heavy atom. The normalized spacial score (nSPS) is 11.6. The lowest BCUT2D eigenvalue weighted by atomic mass is 10.3. The Balaban J connectivity index is 2.44. The van der Waals surface area contributed by atoms with E-state index in [1.54, 1.807) is 0 Å². The smallest absolute Gasteiger partial charge is 0.0327 e. The van der Waals surface area contributed by atoms with E-state index in [1.807, 2.05) is 11.3 Å². The maximum atomic E-state index is 3.45. The molecular weight excluding hydrogens is 216 g/mol. The second-order valence-corrected chi connectivity index (χ2v) is 5.62. The molecule has 1 aromatic rings. The molecule has 0 aromatic carbocycles. The molecule has 0 saturated heterocycles. The molecule has 1 rings (SSSR count). The third-order valence-electron chi connectivity index (χ3n) is 2.68. The Morgan fingerprint density at radius 1 is 1.19 bits per heavy atom. The fourth-order valence-corrected chi connectivity index (χ4v) is 2.59. The van der Waals surface area contributed by atoms with Gasteiger partial charge in [0.05, 0.1) is 0 Å². The van der Waals surface area contributed by atoms with Crippen molar-refractivity contribution in [2.75, 3.05) is 13.1 Å². The fraction of sp³-hybridized carbons (Fsp3) is 0.692. The first-order valence-corrected chi connectivity index (χ1v) is 7.00. The quantitative estimate of drug-likeness (QED) is 0.788. The van der Waals surface area contributed by atoms with Gasteiger partial charge in [-0.15, -0.1) is 11.3 Å². The summed E-state index contributed by atoms with van der Waals surface area (Å²) in [5.74, 6) is 0. The Kier molecular flexibility index (Phi) is 6.03. The molecule has 1 aromatic heterocycles. The van der Waals surface area contributed by atoms with Gasteiger partial charge in [-0.2, -0.15) is 0 Å². The van der Waals surface area contributed by atoms with Crippen LogP contribution in [0.15, 0.2) is 12.1 Å². The zero-order valence-electron chi connectivity index (χ0n) is 10.9. The van der Waals surface area contributed by atoms with Crippen molar-refractivity contribution < 1.29 is 0 Å². The first-order valence-electron chi connectivity index (χ1n) is 6.19. The van der Waals surface area contributed by atoms with Crippen molar-refractivity contribution >= 4 is 11.3 Å². The van der Waals surface area contributed by atoms with Crippen LogP contribution in [0.1, 0.15) is 37.4 Å². The maximum absolute atomic E-state index is 3.45. The third kappa shape index (κ3) is 4.64. The molecule has 0 bridgehead atoms. The number of nitrogens with zero attached hydrogens (tertiary/aromatic N) is 1. The van der Waals surface area contributed by atoms with Gasteiger partial charge >= 0.3 is 0 Å². The summed E-state index contributed by atoms with van der Waals surface area (Å²) in [6, 6.07) is 5.08. The number of thiophene rings is 1. The number of hydrogen-bond donors (Lipinski definition) is 1. The standard InChI is InChI=1S/C13H24N2S/c1-5-15(6-2)10-13-8-7-12(16-13)9-14-11(3)4/h7-8,11,14H,5-6,9-10H2,1-4H3. The first kappa shape index (κ1) is 13.7. The summed E-state index contributed by atoms with van der Waals surface area (Å²) in [4.78, 5) is 5.37. The van der Waals surface area contributed by atoms with Crippen molar-refractivity contribution in [2.45, 2.75) is 46.8 Å². The monoisotopic (exact) mass is 240 g/mol. The predicted octanol–water partition coefficient (Wildman–Crippen LogP) is 3.09. The summed E-state index contributed by atoms with van der Waals surface area (Å²) in [6.07, 6.45) is 0. The fourth-order valence-electron chi connectivity index (χ4n) is 1.57. The minimum atomic E-state index is 0.563. The average molecular weight is 240 g/mol. The summed E-state index contributed by atoms with van der Waals surface area (Å²) in [7, 11) is 0. The van der Waals surface area contributed by atoms with Crippen LogP contribution in [-0.4, -0.2) is 24.0 Å². The molecular formula is C13H24N2S. The second-order valence-electron chi connectivity index (χ2n) is 4.37. The van der Waals surface area contributed by atoms with Crippen molar-refractivity contribution in [2.24, 2.45) is 0 Å². The topological polar surface area (TPSA) is 15.3 Å². The molecule has 1 heterocycles. The Bertz CT molecular complexity index is 290. The molecule has 0 aliphatic heterocycles. The Hall–Kier alpha value is -0.380. The highest BCUT2D eigenvalue weighted by molar-refractivity contribution is 7.11. The molecule has 0 aliphatic carbocycles. The minimum Gasteiger partial charge on any atom is -0.310 e. The van der Waals surface area contributed by atoms with E-state index in [4.69, 9.17) is 0 Å². The van der Waals surface area contributed by atoms with E-state index in [9.17, 15) is 0 Å². The molecule has 0 fully saturated rings. The van der Waals surface area contributed by atoms with Crippen molar-refractivity contribution in [1.29, 1.82) is 0 Å². The van der Waals surface area contributed by atoms with Crippen molar-refractivity contribution in [1.82, 2.24) is 10.2 Å². The van der Waals surface area contributed by atoms with E-state index in [0.29, 0.717) is 6.04 Å². The summed E-state index contributed by atoms with van der Waals surface area (Å²) >= 11 is 1.93. The SMILES string of the molecule is CCN(CC)Cc1ccc(CNC(C)C)s1. The lowest BCUT2D eigenvalue weighted by molar-refractivity contribution is 0.298. The lowest BCUT2D eigenvalue weighted by Crippen LogP contribution is -2.21. The molecule has 3 heteroatoms. The zero-order chi connectivity index (χ0) is 12.0.